The molecule has 7 aromatic carbocycles. The lowest BCUT2D eigenvalue weighted by atomic mass is 9.85. The molecule has 0 aliphatic heterocycles. The molecule has 0 saturated heterocycles. The van der Waals surface area contributed by atoms with Crippen LogP contribution in [0, 0.1) is 0 Å². The molecule has 1 aromatic heterocycles. The second kappa shape index (κ2) is 7.81. The van der Waals surface area contributed by atoms with E-state index in [1.54, 1.807) is 0 Å². The zero-order chi connectivity index (χ0) is 24.3. The largest absolute Gasteiger partial charge is 0.456 e. The molecule has 0 unspecified atom stereocenters. The Morgan fingerprint density at radius 3 is 1.62 bits per heavy atom. The molecule has 0 N–H and O–H groups in total. The van der Waals surface area contributed by atoms with Crippen molar-refractivity contribution in [1.82, 2.24) is 0 Å². The van der Waals surface area contributed by atoms with Crippen LogP contribution in [0.1, 0.15) is 0 Å². The van der Waals surface area contributed by atoms with Crippen LogP contribution in [0.5, 0.6) is 0 Å². The van der Waals surface area contributed by atoms with Crippen molar-refractivity contribution in [2.75, 3.05) is 0 Å². The molecule has 8 rings (SSSR count). The number of fused-ring (bicyclic) bond motifs is 9. The molecule has 8 aromatic rings. The lowest BCUT2D eigenvalue weighted by molar-refractivity contribution is 0.669. The van der Waals surface area contributed by atoms with Gasteiger partial charge in [0.1, 0.15) is 11.2 Å². The van der Waals surface area contributed by atoms with Gasteiger partial charge in [-0.3, -0.25) is 0 Å². The van der Waals surface area contributed by atoms with Crippen molar-refractivity contribution in [2.24, 2.45) is 0 Å². The van der Waals surface area contributed by atoms with Gasteiger partial charge in [0, 0.05) is 16.3 Å². The molecule has 0 fully saturated rings. The van der Waals surface area contributed by atoms with Crippen molar-refractivity contribution in [3.63, 3.8) is 0 Å². The monoisotopic (exact) mass is 470 g/mol. The fourth-order valence-electron chi connectivity index (χ4n) is 6.12. The van der Waals surface area contributed by atoms with Crippen LogP contribution in [-0.4, -0.2) is 0 Å². The first kappa shape index (κ1) is 20.3. The maximum atomic E-state index is 6.38. The molecule has 37 heavy (non-hydrogen) atoms. The van der Waals surface area contributed by atoms with Crippen LogP contribution in [-0.2, 0) is 0 Å². The predicted molar refractivity (Wildman–Crippen MR) is 157 cm³/mol. The standard InChI is InChI=1S/C36H22O/c1-2-11-23(12-3-1)24-21-22-33-36(30-17-8-9-20-32(30)37-33)35(24)31-19-10-18-29-27-14-5-4-13-25(27)26-15-6-7-16-28(26)34(29)31/h1-22H. The molecule has 1 nitrogen and oxygen atoms in total. The highest BCUT2D eigenvalue weighted by Gasteiger charge is 2.20. The fourth-order valence-corrected chi connectivity index (χ4v) is 6.12. The number of benzene rings is 7. The molecule has 0 spiro atoms. The van der Waals surface area contributed by atoms with Crippen LogP contribution in [0.4, 0.5) is 0 Å². The Morgan fingerprint density at radius 1 is 0.324 bits per heavy atom. The summed E-state index contributed by atoms with van der Waals surface area (Å²) in [6, 6.07) is 47.8. The highest BCUT2D eigenvalue weighted by Crippen LogP contribution is 2.47. The molecule has 1 heteroatoms. The molecule has 0 amide bonds. The van der Waals surface area contributed by atoms with Gasteiger partial charge < -0.3 is 4.42 Å². The van der Waals surface area contributed by atoms with Crippen LogP contribution in [0.3, 0.4) is 0 Å². The molecule has 0 radical (unpaired) electrons. The predicted octanol–water partition coefficient (Wildman–Crippen LogP) is 10.4. The minimum Gasteiger partial charge on any atom is -0.456 e. The number of rotatable bonds is 2. The first-order valence-electron chi connectivity index (χ1n) is 12.7. The summed E-state index contributed by atoms with van der Waals surface area (Å²) in [7, 11) is 0. The van der Waals surface area contributed by atoms with E-state index < -0.39 is 0 Å². The summed E-state index contributed by atoms with van der Waals surface area (Å²) in [5.41, 5.74) is 6.70. The second-order valence-corrected chi connectivity index (χ2v) is 9.64. The third kappa shape index (κ3) is 2.92. The Kier molecular flexibility index (Phi) is 4.29. The van der Waals surface area contributed by atoms with Crippen LogP contribution in [0.2, 0.25) is 0 Å². The minimum absolute atomic E-state index is 0.915. The van der Waals surface area contributed by atoms with E-state index in [0.29, 0.717) is 0 Å². The number of hydrogen-bond acceptors (Lipinski definition) is 1. The summed E-state index contributed by atoms with van der Waals surface area (Å²) < 4.78 is 6.38. The van der Waals surface area contributed by atoms with Gasteiger partial charge in [0.25, 0.3) is 0 Å². The molecular weight excluding hydrogens is 448 g/mol. The Bertz CT molecular complexity index is 2090. The normalized spacial score (nSPS) is 11.8. The van der Waals surface area contributed by atoms with E-state index in [1.165, 1.54) is 60.0 Å². The van der Waals surface area contributed by atoms with Gasteiger partial charge >= 0.3 is 0 Å². The Balaban J connectivity index is 1.64. The number of para-hydroxylation sites is 1. The van der Waals surface area contributed by atoms with E-state index in [-0.39, 0.29) is 0 Å². The highest BCUT2D eigenvalue weighted by atomic mass is 16.3. The average molecular weight is 471 g/mol. The third-order valence-electron chi connectivity index (χ3n) is 7.67. The quantitative estimate of drug-likeness (QED) is 0.229. The van der Waals surface area contributed by atoms with Crippen LogP contribution < -0.4 is 0 Å². The highest BCUT2D eigenvalue weighted by molar-refractivity contribution is 6.30. The second-order valence-electron chi connectivity index (χ2n) is 9.64. The molecule has 172 valence electrons. The first-order chi connectivity index (χ1) is 18.4. The lowest BCUT2D eigenvalue weighted by Crippen LogP contribution is -1.91. The van der Waals surface area contributed by atoms with E-state index >= 15 is 0 Å². The Morgan fingerprint density at radius 2 is 0.892 bits per heavy atom. The molecular formula is C36H22O. The summed E-state index contributed by atoms with van der Waals surface area (Å²) >= 11 is 0. The number of hydrogen-bond donors (Lipinski definition) is 0. The maximum absolute atomic E-state index is 6.38. The van der Waals surface area contributed by atoms with Gasteiger partial charge in [0.2, 0.25) is 0 Å². The van der Waals surface area contributed by atoms with Crippen molar-refractivity contribution in [1.29, 1.82) is 0 Å². The molecule has 0 aliphatic carbocycles. The zero-order valence-electron chi connectivity index (χ0n) is 20.1. The van der Waals surface area contributed by atoms with Gasteiger partial charge in [-0.1, -0.05) is 121 Å². The summed E-state index contributed by atoms with van der Waals surface area (Å²) in [5.74, 6) is 0. The van der Waals surface area contributed by atoms with Gasteiger partial charge in [-0.05, 0) is 61.1 Å². The van der Waals surface area contributed by atoms with Crippen molar-refractivity contribution < 1.29 is 4.42 Å². The Hall–Kier alpha value is -4.88. The smallest absolute Gasteiger partial charge is 0.136 e. The molecule has 0 atom stereocenters. The zero-order valence-corrected chi connectivity index (χ0v) is 20.1. The summed E-state index contributed by atoms with van der Waals surface area (Å²) in [6.07, 6.45) is 0. The first-order valence-corrected chi connectivity index (χ1v) is 12.7. The molecule has 0 saturated carbocycles. The molecule has 1 heterocycles. The average Bonchev–Trinajstić information content (AvgIpc) is 3.36. The maximum Gasteiger partial charge on any atom is 0.136 e. The van der Waals surface area contributed by atoms with Gasteiger partial charge in [-0.2, -0.15) is 0 Å². The molecule has 0 bridgehead atoms. The van der Waals surface area contributed by atoms with E-state index in [4.69, 9.17) is 4.42 Å². The minimum atomic E-state index is 0.915. The van der Waals surface area contributed by atoms with E-state index in [2.05, 4.69) is 127 Å². The summed E-state index contributed by atoms with van der Waals surface area (Å²) in [5, 5.41) is 10.00. The summed E-state index contributed by atoms with van der Waals surface area (Å²) in [6.45, 7) is 0. The Labute approximate surface area is 214 Å². The topological polar surface area (TPSA) is 13.1 Å². The van der Waals surface area contributed by atoms with Crippen LogP contribution in [0.15, 0.2) is 138 Å². The molecule has 0 aliphatic rings. The van der Waals surface area contributed by atoms with E-state index in [9.17, 15) is 0 Å². The van der Waals surface area contributed by atoms with Crippen molar-refractivity contribution in [2.45, 2.75) is 0 Å². The third-order valence-corrected chi connectivity index (χ3v) is 7.67. The van der Waals surface area contributed by atoms with E-state index in [1.807, 2.05) is 6.07 Å². The van der Waals surface area contributed by atoms with Crippen LogP contribution in [0.25, 0.3) is 76.5 Å². The SMILES string of the molecule is c1ccc(-c2ccc3oc4ccccc4c3c2-c2cccc3c4ccccc4c4ccccc4c23)cc1. The number of furan rings is 1. The van der Waals surface area contributed by atoms with Gasteiger partial charge in [-0.15, -0.1) is 0 Å². The van der Waals surface area contributed by atoms with Gasteiger partial charge in [-0.25, -0.2) is 0 Å². The lowest BCUT2D eigenvalue weighted by Gasteiger charge is -2.17. The van der Waals surface area contributed by atoms with Crippen molar-refractivity contribution >= 4 is 54.3 Å². The van der Waals surface area contributed by atoms with E-state index in [0.717, 1.165) is 16.6 Å². The van der Waals surface area contributed by atoms with Crippen molar-refractivity contribution in [3.8, 4) is 22.3 Å². The van der Waals surface area contributed by atoms with Crippen LogP contribution >= 0.6 is 0 Å². The van der Waals surface area contributed by atoms with Gasteiger partial charge in [0.15, 0.2) is 0 Å². The van der Waals surface area contributed by atoms with Crippen molar-refractivity contribution in [3.05, 3.63) is 133 Å². The fraction of sp³-hybridized carbons (Fsp3) is 0. The summed E-state index contributed by atoms with van der Waals surface area (Å²) in [4.78, 5) is 0. The van der Waals surface area contributed by atoms with Gasteiger partial charge in [0.05, 0.1) is 0 Å².